The predicted octanol–water partition coefficient (Wildman–Crippen LogP) is 4.20. The van der Waals surface area contributed by atoms with Gasteiger partial charge in [0, 0.05) is 16.6 Å². The van der Waals surface area contributed by atoms with Crippen LogP contribution in [0.3, 0.4) is 0 Å². The third-order valence-electron chi connectivity index (χ3n) is 5.25. The molecule has 28 heavy (non-hydrogen) atoms. The van der Waals surface area contributed by atoms with E-state index in [4.69, 9.17) is 9.15 Å². The zero-order valence-corrected chi connectivity index (χ0v) is 15.2. The normalized spacial score (nSPS) is 15.4. The molecule has 2 heterocycles. The minimum absolute atomic E-state index is 0.162. The van der Waals surface area contributed by atoms with Crippen molar-refractivity contribution in [1.29, 1.82) is 5.26 Å². The van der Waals surface area contributed by atoms with Gasteiger partial charge in [-0.15, -0.1) is 0 Å². The molecule has 4 aromatic rings. The Balaban J connectivity index is 1.49. The van der Waals surface area contributed by atoms with E-state index < -0.39 is 0 Å². The Bertz CT molecular complexity index is 1200. The van der Waals surface area contributed by atoms with Crippen molar-refractivity contribution in [1.82, 2.24) is 15.2 Å². The van der Waals surface area contributed by atoms with Gasteiger partial charge in [0.05, 0.1) is 30.4 Å². The second-order valence-corrected chi connectivity index (χ2v) is 6.76. The van der Waals surface area contributed by atoms with E-state index in [2.05, 4.69) is 32.6 Å². The molecule has 1 aliphatic carbocycles. The molecule has 0 saturated heterocycles. The van der Waals surface area contributed by atoms with E-state index >= 15 is 0 Å². The van der Waals surface area contributed by atoms with Gasteiger partial charge in [0.15, 0.2) is 12.2 Å². The first kappa shape index (κ1) is 16.4. The summed E-state index contributed by atoms with van der Waals surface area (Å²) in [7, 11) is 1.62. The number of methoxy groups -OCH3 is 1. The summed E-state index contributed by atoms with van der Waals surface area (Å²) < 4.78 is 10.9. The molecule has 1 aliphatic rings. The number of hydrogen-bond donors (Lipinski definition) is 2. The Morgan fingerprint density at radius 3 is 3.04 bits per heavy atom. The Kier molecular flexibility index (Phi) is 3.76. The summed E-state index contributed by atoms with van der Waals surface area (Å²) in [5.74, 6) is 1.32. The lowest BCUT2D eigenvalue weighted by Crippen LogP contribution is -2.07. The first-order valence-corrected chi connectivity index (χ1v) is 9.02. The third-order valence-corrected chi connectivity index (χ3v) is 5.25. The number of fused-ring (bicyclic) bond motifs is 2. The number of benzene rings is 2. The minimum atomic E-state index is 0.162. The first-order chi connectivity index (χ1) is 13.8. The summed E-state index contributed by atoms with van der Waals surface area (Å²) >= 11 is 0. The topological polar surface area (TPSA) is 99.8 Å². The molecule has 1 atom stereocenters. The molecule has 5 rings (SSSR count). The average molecular weight is 371 g/mol. The molecule has 2 aromatic carbocycles. The van der Waals surface area contributed by atoms with Crippen molar-refractivity contribution in [2.24, 2.45) is 0 Å². The number of nitriles is 1. The molecule has 2 N–H and O–H groups in total. The molecule has 0 amide bonds. The van der Waals surface area contributed by atoms with Crippen LogP contribution in [0, 0.1) is 11.3 Å². The Hall–Kier alpha value is -3.79. The minimum Gasteiger partial charge on any atom is -0.495 e. The predicted molar refractivity (Wildman–Crippen MR) is 104 cm³/mol. The Morgan fingerprint density at radius 2 is 2.25 bits per heavy atom. The molecule has 0 bridgehead atoms. The number of ether oxygens (including phenoxy) is 1. The summed E-state index contributed by atoms with van der Waals surface area (Å²) in [4.78, 5) is 3.98. The molecule has 0 fully saturated rings. The SMILES string of the molecule is COc1c(C#N)ccc2c1CCC2Nc1ccc2[nH]nc(-c3cnco3)c2c1. The Morgan fingerprint density at radius 1 is 1.32 bits per heavy atom. The molecule has 0 saturated carbocycles. The molecule has 0 aliphatic heterocycles. The first-order valence-electron chi connectivity index (χ1n) is 9.02. The maximum atomic E-state index is 9.30. The lowest BCUT2D eigenvalue weighted by Gasteiger charge is -2.17. The molecule has 0 spiro atoms. The highest BCUT2D eigenvalue weighted by atomic mass is 16.5. The van der Waals surface area contributed by atoms with E-state index in [0.29, 0.717) is 17.1 Å². The number of aromatic amines is 1. The van der Waals surface area contributed by atoms with Gasteiger partial charge in [0.1, 0.15) is 17.5 Å². The van der Waals surface area contributed by atoms with E-state index in [0.717, 1.165) is 40.7 Å². The Labute approximate surface area is 161 Å². The largest absolute Gasteiger partial charge is 0.495 e. The number of aromatic nitrogens is 3. The van der Waals surface area contributed by atoms with Crippen LogP contribution in [0.1, 0.15) is 29.2 Å². The maximum Gasteiger partial charge on any atom is 0.181 e. The van der Waals surface area contributed by atoms with Crippen molar-refractivity contribution in [3.63, 3.8) is 0 Å². The lowest BCUT2D eigenvalue weighted by molar-refractivity contribution is 0.409. The van der Waals surface area contributed by atoms with Gasteiger partial charge in [0.2, 0.25) is 0 Å². The van der Waals surface area contributed by atoms with Gasteiger partial charge in [-0.3, -0.25) is 5.10 Å². The second-order valence-electron chi connectivity index (χ2n) is 6.76. The fourth-order valence-corrected chi connectivity index (χ4v) is 3.97. The molecule has 1 unspecified atom stereocenters. The second kappa shape index (κ2) is 6.43. The summed E-state index contributed by atoms with van der Waals surface area (Å²) in [6.45, 7) is 0. The molecule has 2 aromatic heterocycles. The number of oxazole rings is 1. The average Bonchev–Trinajstić information content (AvgIpc) is 3.46. The van der Waals surface area contributed by atoms with Crippen molar-refractivity contribution in [3.8, 4) is 23.3 Å². The summed E-state index contributed by atoms with van der Waals surface area (Å²) in [6, 6.07) is 12.3. The highest BCUT2D eigenvalue weighted by Crippen LogP contribution is 2.41. The zero-order valence-electron chi connectivity index (χ0n) is 15.2. The van der Waals surface area contributed by atoms with Crippen LogP contribution in [0.15, 0.2) is 47.3 Å². The van der Waals surface area contributed by atoms with Crippen molar-refractivity contribution in [2.45, 2.75) is 18.9 Å². The van der Waals surface area contributed by atoms with Gasteiger partial charge in [-0.25, -0.2) is 4.98 Å². The summed E-state index contributed by atoms with van der Waals surface area (Å²) in [5, 5.41) is 21.3. The number of hydrogen-bond acceptors (Lipinski definition) is 6. The van der Waals surface area contributed by atoms with Gasteiger partial charge in [-0.2, -0.15) is 10.4 Å². The van der Waals surface area contributed by atoms with Crippen LogP contribution in [-0.4, -0.2) is 22.3 Å². The number of nitrogens with zero attached hydrogens (tertiary/aromatic N) is 3. The quantitative estimate of drug-likeness (QED) is 0.558. The molecular formula is C21H17N5O2. The highest BCUT2D eigenvalue weighted by Gasteiger charge is 2.27. The molecular weight excluding hydrogens is 354 g/mol. The van der Waals surface area contributed by atoms with E-state index in [9.17, 15) is 5.26 Å². The van der Waals surface area contributed by atoms with Crippen LogP contribution in [0.25, 0.3) is 22.4 Å². The van der Waals surface area contributed by atoms with Crippen molar-refractivity contribution in [3.05, 3.63) is 59.6 Å². The maximum absolute atomic E-state index is 9.30. The van der Waals surface area contributed by atoms with Crippen molar-refractivity contribution >= 4 is 16.6 Å². The van der Waals surface area contributed by atoms with Gasteiger partial charge in [-0.05, 0) is 42.7 Å². The van der Waals surface area contributed by atoms with Crippen molar-refractivity contribution in [2.75, 3.05) is 12.4 Å². The van der Waals surface area contributed by atoms with Crippen LogP contribution in [-0.2, 0) is 6.42 Å². The number of nitrogens with one attached hydrogen (secondary N) is 2. The van der Waals surface area contributed by atoms with Crippen LogP contribution in [0.4, 0.5) is 5.69 Å². The summed E-state index contributed by atoms with van der Waals surface area (Å²) in [6.07, 6.45) is 4.88. The number of anilines is 1. The third kappa shape index (κ3) is 2.50. The standard InChI is InChI=1S/C21H17N5O2/c1-27-21-12(9-22)2-4-14-15(21)5-7-17(14)24-13-3-6-18-16(8-13)20(26-25-18)19-10-23-11-28-19/h2-4,6,8,10-11,17,24H,5,7H2,1H3,(H,25,26). The molecule has 7 heteroatoms. The monoisotopic (exact) mass is 371 g/mol. The fourth-order valence-electron chi connectivity index (χ4n) is 3.97. The molecule has 0 radical (unpaired) electrons. The van der Waals surface area contributed by atoms with Crippen LogP contribution in [0.5, 0.6) is 5.75 Å². The smallest absolute Gasteiger partial charge is 0.181 e. The van der Waals surface area contributed by atoms with E-state index in [1.807, 2.05) is 24.3 Å². The van der Waals surface area contributed by atoms with Crippen LogP contribution in [0.2, 0.25) is 0 Å². The van der Waals surface area contributed by atoms with Gasteiger partial charge in [-0.1, -0.05) is 6.07 Å². The highest BCUT2D eigenvalue weighted by molar-refractivity contribution is 5.93. The number of rotatable bonds is 4. The van der Waals surface area contributed by atoms with Crippen LogP contribution >= 0.6 is 0 Å². The zero-order chi connectivity index (χ0) is 19.1. The van der Waals surface area contributed by atoms with E-state index in [-0.39, 0.29) is 6.04 Å². The van der Waals surface area contributed by atoms with E-state index in [1.165, 1.54) is 12.0 Å². The van der Waals surface area contributed by atoms with Gasteiger partial charge >= 0.3 is 0 Å². The lowest BCUT2D eigenvalue weighted by atomic mass is 10.0. The molecule has 138 valence electrons. The van der Waals surface area contributed by atoms with Crippen LogP contribution < -0.4 is 10.1 Å². The fraction of sp³-hybridized carbons (Fsp3) is 0.190. The van der Waals surface area contributed by atoms with Gasteiger partial charge < -0.3 is 14.5 Å². The summed E-state index contributed by atoms with van der Waals surface area (Å²) in [5.41, 5.74) is 5.55. The van der Waals surface area contributed by atoms with Crippen molar-refractivity contribution < 1.29 is 9.15 Å². The molecule has 7 nitrogen and oxygen atoms in total. The van der Waals surface area contributed by atoms with Gasteiger partial charge in [0.25, 0.3) is 0 Å². The van der Waals surface area contributed by atoms with E-state index in [1.54, 1.807) is 13.3 Å². The number of H-pyrrole nitrogens is 1.